The molecule has 2 nitrogen and oxygen atoms in total. The Labute approximate surface area is 132 Å². The van der Waals surface area contributed by atoms with Gasteiger partial charge in [0, 0.05) is 5.02 Å². The maximum atomic E-state index is 6.22. The van der Waals surface area contributed by atoms with Gasteiger partial charge in [0.1, 0.15) is 5.75 Å². The molecule has 1 atom stereocenters. The van der Waals surface area contributed by atoms with E-state index in [0.717, 1.165) is 22.9 Å². The van der Waals surface area contributed by atoms with Crippen molar-refractivity contribution in [1.82, 2.24) is 5.32 Å². The van der Waals surface area contributed by atoms with Gasteiger partial charge in [-0.25, -0.2) is 0 Å². The first-order valence-electron chi connectivity index (χ1n) is 7.20. The van der Waals surface area contributed by atoms with Gasteiger partial charge in [0.05, 0.1) is 13.2 Å². The highest BCUT2D eigenvalue weighted by Gasteiger charge is 2.16. The molecule has 0 fully saturated rings. The Bertz CT molecular complexity index is 607. The van der Waals surface area contributed by atoms with E-state index in [9.17, 15) is 0 Å². The molecule has 1 N–H and O–H groups in total. The molecule has 0 aliphatic heterocycles. The summed E-state index contributed by atoms with van der Waals surface area (Å²) in [5.74, 6) is 0.873. The first kappa shape index (κ1) is 15.9. The highest BCUT2D eigenvalue weighted by molar-refractivity contribution is 6.31. The minimum atomic E-state index is 0.164. The minimum absolute atomic E-state index is 0.164. The molecule has 2 aromatic rings. The fourth-order valence-electron chi connectivity index (χ4n) is 2.52. The van der Waals surface area contributed by atoms with Gasteiger partial charge in [-0.2, -0.15) is 0 Å². The normalized spacial score (nSPS) is 12.2. The number of hydrogen-bond acceptors (Lipinski definition) is 2. The number of hydrogen-bond donors (Lipinski definition) is 1. The van der Waals surface area contributed by atoms with Gasteiger partial charge in [-0.3, -0.25) is 0 Å². The third-order valence-electron chi connectivity index (χ3n) is 3.72. The Balaban J connectivity index is 2.44. The Morgan fingerprint density at radius 2 is 1.76 bits per heavy atom. The largest absolute Gasteiger partial charge is 0.497 e. The van der Waals surface area contributed by atoms with Crippen LogP contribution in [0.2, 0.25) is 5.02 Å². The Hall–Kier alpha value is -1.51. The predicted octanol–water partition coefficient (Wildman–Crippen LogP) is 4.66. The van der Waals surface area contributed by atoms with Crippen LogP contribution >= 0.6 is 11.6 Å². The third kappa shape index (κ3) is 3.58. The Kier molecular flexibility index (Phi) is 5.27. The van der Waals surface area contributed by atoms with E-state index in [1.807, 2.05) is 25.1 Å². The second kappa shape index (κ2) is 6.97. The number of ether oxygens (including phenoxy) is 1. The van der Waals surface area contributed by atoms with Gasteiger partial charge in [0.15, 0.2) is 0 Å². The molecule has 0 spiro atoms. The lowest BCUT2D eigenvalue weighted by atomic mass is 9.93. The van der Waals surface area contributed by atoms with Gasteiger partial charge in [-0.05, 0) is 60.8 Å². The lowest BCUT2D eigenvalue weighted by Gasteiger charge is -2.22. The molecule has 0 radical (unpaired) electrons. The van der Waals surface area contributed by atoms with Crippen LogP contribution in [0.3, 0.4) is 0 Å². The third-order valence-corrected chi connectivity index (χ3v) is 4.12. The van der Waals surface area contributed by atoms with Crippen molar-refractivity contribution in [3.63, 3.8) is 0 Å². The molecule has 1 unspecified atom stereocenters. The van der Waals surface area contributed by atoms with Crippen molar-refractivity contribution >= 4 is 11.6 Å². The van der Waals surface area contributed by atoms with Crippen molar-refractivity contribution in [2.24, 2.45) is 0 Å². The van der Waals surface area contributed by atoms with Crippen LogP contribution in [0.4, 0.5) is 0 Å². The Morgan fingerprint density at radius 3 is 2.33 bits per heavy atom. The maximum Gasteiger partial charge on any atom is 0.118 e. The van der Waals surface area contributed by atoms with Crippen LogP contribution in [0, 0.1) is 13.8 Å². The molecule has 0 heterocycles. The van der Waals surface area contributed by atoms with Gasteiger partial charge in [-0.1, -0.05) is 36.7 Å². The second-order valence-corrected chi connectivity index (χ2v) is 5.63. The fraction of sp³-hybridized carbons (Fsp3) is 0.333. The zero-order valence-electron chi connectivity index (χ0n) is 13.0. The molecule has 0 aromatic heterocycles. The molecule has 0 aliphatic carbocycles. The van der Waals surface area contributed by atoms with Crippen molar-refractivity contribution in [1.29, 1.82) is 0 Å². The summed E-state index contributed by atoms with van der Waals surface area (Å²) in [6.07, 6.45) is 0. The number of aryl methyl sites for hydroxylation is 2. The lowest BCUT2D eigenvalue weighted by Crippen LogP contribution is -2.23. The van der Waals surface area contributed by atoms with Crippen LogP contribution in [0.1, 0.15) is 35.2 Å². The quantitative estimate of drug-likeness (QED) is 0.867. The first-order chi connectivity index (χ1) is 10.1. The minimum Gasteiger partial charge on any atom is -0.497 e. The van der Waals surface area contributed by atoms with Gasteiger partial charge in [0.2, 0.25) is 0 Å². The molecule has 2 rings (SSSR count). The summed E-state index contributed by atoms with van der Waals surface area (Å²) in [6.45, 7) is 7.17. The number of benzene rings is 2. The Morgan fingerprint density at radius 1 is 1.10 bits per heavy atom. The van der Waals surface area contributed by atoms with Crippen LogP contribution in [0.15, 0.2) is 36.4 Å². The molecule has 0 saturated heterocycles. The first-order valence-corrected chi connectivity index (χ1v) is 7.58. The summed E-state index contributed by atoms with van der Waals surface area (Å²) >= 11 is 6.22. The summed E-state index contributed by atoms with van der Waals surface area (Å²) in [5.41, 5.74) is 4.80. The summed E-state index contributed by atoms with van der Waals surface area (Å²) in [6, 6.07) is 12.6. The number of methoxy groups -OCH3 is 1. The summed E-state index contributed by atoms with van der Waals surface area (Å²) < 4.78 is 5.24. The van der Waals surface area contributed by atoms with Crippen molar-refractivity contribution in [2.75, 3.05) is 13.7 Å². The summed E-state index contributed by atoms with van der Waals surface area (Å²) in [5, 5.41) is 4.38. The van der Waals surface area contributed by atoms with E-state index in [2.05, 4.69) is 37.4 Å². The second-order valence-electron chi connectivity index (χ2n) is 5.22. The molecule has 2 aromatic carbocycles. The zero-order chi connectivity index (χ0) is 15.4. The number of rotatable bonds is 5. The lowest BCUT2D eigenvalue weighted by molar-refractivity contribution is 0.414. The molecule has 21 heavy (non-hydrogen) atoms. The van der Waals surface area contributed by atoms with Gasteiger partial charge in [-0.15, -0.1) is 0 Å². The van der Waals surface area contributed by atoms with Crippen LogP contribution < -0.4 is 10.1 Å². The van der Waals surface area contributed by atoms with E-state index in [4.69, 9.17) is 16.3 Å². The molecule has 3 heteroatoms. The fourth-order valence-corrected chi connectivity index (χ4v) is 2.74. The molecule has 0 saturated carbocycles. The van der Waals surface area contributed by atoms with Crippen LogP contribution in [-0.4, -0.2) is 13.7 Å². The number of nitrogens with one attached hydrogen (secondary N) is 1. The van der Waals surface area contributed by atoms with Crippen LogP contribution in [-0.2, 0) is 0 Å². The van der Waals surface area contributed by atoms with Gasteiger partial charge >= 0.3 is 0 Å². The van der Waals surface area contributed by atoms with E-state index in [0.29, 0.717) is 0 Å². The average Bonchev–Trinajstić information content (AvgIpc) is 2.49. The molecular weight excluding hydrogens is 282 g/mol. The van der Waals surface area contributed by atoms with Crippen molar-refractivity contribution in [2.45, 2.75) is 26.8 Å². The highest BCUT2D eigenvalue weighted by Crippen LogP contribution is 2.30. The molecular formula is C18H22ClNO. The highest BCUT2D eigenvalue weighted by atomic mass is 35.5. The SMILES string of the molecule is CCNC(c1ccc(OC)cc1)c1cc(C)c(Cl)cc1C. The molecule has 0 amide bonds. The predicted molar refractivity (Wildman–Crippen MR) is 89.4 cm³/mol. The summed E-state index contributed by atoms with van der Waals surface area (Å²) in [7, 11) is 1.68. The van der Waals surface area contributed by atoms with Gasteiger partial charge in [0.25, 0.3) is 0 Å². The number of halogens is 1. The van der Waals surface area contributed by atoms with Crippen molar-refractivity contribution < 1.29 is 4.74 Å². The van der Waals surface area contributed by atoms with Gasteiger partial charge < -0.3 is 10.1 Å². The van der Waals surface area contributed by atoms with Crippen LogP contribution in [0.5, 0.6) is 5.75 Å². The maximum absolute atomic E-state index is 6.22. The molecule has 112 valence electrons. The van der Waals surface area contributed by atoms with Crippen molar-refractivity contribution in [3.05, 3.63) is 63.7 Å². The summed E-state index contributed by atoms with van der Waals surface area (Å²) in [4.78, 5) is 0. The average molecular weight is 304 g/mol. The molecule has 0 aliphatic rings. The van der Waals surface area contributed by atoms with Crippen LogP contribution in [0.25, 0.3) is 0 Å². The monoisotopic (exact) mass is 303 g/mol. The van der Waals surface area contributed by atoms with E-state index >= 15 is 0 Å². The van der Waals surface area contributed by atoms with E-state index in [1.165, 1.54) is 16.7 Å². The standard InChI is InChI=1S/C18H22ClNO/c1-5-20-18(14-6-8-15(21-4)9-7-14)16-10-13(3)17(19)11-12(16)2/h6-11,18,20H,5H2,1-4H3. The smallest absolute Gasteiger partial charge is 0.118 e. The topological polar surface area (TPSA) is 21.3 Å². The van der Waals surface area contributed by atoms with E-state index < -0.39 is 0 Å². The van der Waals surface area contributed by atoms with E-state index in [1.54, 1.807) is 7.11 Å². The van der Waals surface area contributed by atoms with Crippen molar-refractivity contribution in [3.8, 4) is 5.75 Å². The zero-order valence-corrected chi connectivity index (χ0v) is 13.8. The van der Waals surface area contributed by atoms with E-state index in [-0.39, 0.29) is 6.04 Å². The molecule has 0 bridgehead atoms.